The summed E-state index contributed by atoms with van der Waals surface area (Å²) in [6.07, 6.45) is 0.461. The number of benzene rings is 2. The summed E-state index contributed by atoms with van der Waals surface area (Å²) in [5.41, 5.74) is 7.74. The molecule has 0 radical (unpaired) electrons. The minimum atomic E-state index is -0.977. The Morgan fingerprint density at radius 3 is 1.33 bits per heavy atom. The van der Waals surface area contributed by atoms with E-state index < -0.39 is 5.97 Å². The lowest BCUT2D eigenvalue weighted by molar-refractivity contribution is -0.137. The maximum atomic E-state index is 12.3. The van der Waals surface area contributed by atoms with E-state index in [0.717, 1.165) is 0 Å². The smallest absolute Gasteiger partial charge is 0.303 e. The van der Waals surface area contributed by atoms with Gasteiger partial charge in [0.15, 0.2) is 23.1 Å². The normalized spacial score (nSPS) is 14.0. The predicted octanol–water partition coefficient (Wildman–Crippen LogP) is 3.73. The maximum Gasteiger partial charge on any atom is 0.303 e. The van der Waals surface area contributed by atoms with Crippen LogP contribution in [0, 0.1) is 0 Å². The number of Topliss-reactive ketones (excluding diaryl/α,β-unsaturated/α-hetero) is 4. The van der Waals surface area contributed by atoms with Gasteiger partial charge in [0.2, 0.25) is 5.91 Å². The monoisotopic (exact) mass is 532 g/mol. The molecule has 0 bridgehead atoms. The molecule has 0 aliphatic heterocycles. The minimum absolute atomic E-state index is 0.0973. The topological polar surface area (TPSA) is 161 Å². The molecule has 0 unspecified atom stereocenters. The van der Waals surface area contributed by atoms with Gasteiger partial charge >= 0.3 is 5.97 Å². The van der Waals surface area contributed by atoms with Crippen LogP contribution in [0.2, 0.25) is 0 Å². The standard InChI is InChI=1S/C15H15NO3.C14H12O4.CH5N/c1-9-10(7-8-13(17)16-2)15(19)12-6-4-3-5-11(12)14(9)18;1-8-9(6-7-12(15)16)14(18)11-5-3-2-4-10(11)13(8)17;1-2/h3-6H,7-8H2,1-2H3,(H,16,17);2-5H,6-7H2,1H3,(H,15,16);2H2,1H3. The van der Waals surface area contributed by atoms with Gasteiger partial charge in [-0.2, -0.15) is 0 Å². The number of hydrogen-bond acceptors (Lipinski definition) is 7. The number of amides is 1. The largest absolute Gasteiger partial charge is 0.481 e. The summed E-state index contributed by atoms with van der Waals surface area (Å²) in [5.74, 6) is -1.80. The summed E-state index contributed by atoms with van der Waals surface area (Å²) < 4.78 is 0. The van der Waals surface area contributed by atoms with E-state index in [9.17, 15) is 28.8 Å². The van der Waals surface area contributed by atoms with Gasteiger partial charge in [-0.1, -0.05) is 48.5 Å². The molecule has 39 heavy (non-hydrogen) atoms. The lowest BCUT2D eigenvalue weighted by Gasteiger charge is -2.18. The molecule has 0 spiro atoms. The number of carboxylic acid groups (broad SMARTS) is 1. The van der Waals surface area contributed by atoms with Gasteiger partial charge in [-0.3, -0.25) is 28.8 Å². The molecule has 0 heterocycles. The number of nitrogens with one attached hydrogen (secondary N) is 1. The van der Waals surface area contributed by atoms with Gasteiger partial charge in [0, 0.05) is 64.4 Å². The number of carbonyl (C=O) groups is 6. The van der Waals surface area contributed by atoms with Gasteiger partial charge in [0.25, 0.3) is 0 Å². The SMILES string of the molecule is CC1=C(CCC(=O)O)C(=O)c2ccccc2C1=O.CN.CNC(=O)CCC1=C(C)C(=O)c2ccccc2C1=O. The van der Waals surface area contributed by atoms with Crippen molar-refractivity contribution in [3.8, 4) is 0 Å². The Kier molecular flexibility index (Phi) is 10.9. The molecule has 4 N–H and O–H groups in total. The van der Waals surface area contributed by atoms with Crippen LogP contribution < -0.4 is 11.1 Å². The van der Waals surface area contributed by atoms with E-state index in [-0.39, 0.29) is 48.3 Å². The average Bonchev–Trinajstić information content (AvgIpc) is 2.96. The summed E-state index contributed by atoms with van der Waals surface area (Å²) in [7, 11) is 3.05. The van der Waals surface area contributed by atoms with E-state index in [1.165, 1.54) is 7.05 Å². The van der Waals surface area contributed by atoms with Gasteiger partial charge in [-0.25, -0.2) is 0 Å². The maximum absolute atomic E-state index is 12.3. The first-order valence-electron chi connectivity index (χ1n) is 12.3. The van der Waals surface area contributed by atoms with Gasteiger partial charge in [-0.15, -0.1) is 0 Å². The van der Waals surface area contributed by atoms with E-state index in [0.29, 0.717) is 51.0 Å². The van der Waals surface area contributed by atoms with E-state index in [2.05, 4.69) is 11.1 Å². The number of rotatable bonds is 6. The zero-order chi connectivity index (χ0) is 29.3. The fraction of sp³-hybridized carbons (Fsp3) is 0.267. The number of ketones is 4. The van der Waals surface area contributed by atoms with Gasteiger partial charge in [0.1, 0.15) is 0 Å². The van der Waals surface area contributed by atoms with Crippen LogP contribution in [0.3, 0.4) is 0 Å². The van der Waals surface area contributed by atoms with Crippen LogP contribution in [0.1, 0.15) is 81.0 Å². The van der Waals surface area contributed by atoms with Crippen molar-refractivity contribution in [2.75, 3.05) is 14.1 Å². The van der Waals surface area contributed by atoms with Crippen molar-refractivity contribution in [3.63, 3.8) is 0 Å². The van der Waals surface area contributed by atoms with E-state index in [4.69, 9.17) is 5.11 Å². The Bertz CT molecular complexity index is 1400. The third-order valence-electron chi connectivity index (χ3n) is 6.44. The van der Waals surface area contributed by atoms with Gasteiger partial charge in [-0.05, 0) is 33.7 Å². The number of allylic oxidation sites excluding steroid dienone is 4. The number of fused-ring (bicyclic) bond motifs is 2. The third-order valence-corrected chi connectivity index (χ3v) is 6.44. The van der Waals surface area contributed by atoms with Crippen molar-refractivity contribution < 1.29 is 33.9 Å². The summed E-state index contributed by atoms with van der Waals surface area (Å²) in [6, 6.07) is 13.4. The van der Waals surface area contributed by atoms with Crippen molar-refractivity contribution in [1.82, 2.24) is 5.32 Å². The second kappa shape index (κ2) is 13.9. The fourth-order valence-electron chi connectivity index (χ4n) is 4.30. The van der Waals surface area contributed by atoms with E-state index in [1.54, 1.807) is 69.4 Å². The lowest BCUT2D eigenvalue weighted by atomic mass is 9.83. The highest BCUT2D eigenvalue weighted by atomic mass is 16.4. The zero-order valence-electron chi connectivity index (χ0n) is 22.4. The average molecular weight is 533 g/mol. The Morgan fingerprint density at radius 2 is 1.00 bits per heavy atom. The molecule has 2 aliphatic carbocycles. The quantitative estimate of drug-likeness (QED) is 0.507. The molecule has 2 aliphatic rings. The zero-order valence-corrected chi connectivity index (χ0v) is 22.4. The molecule has 0 saturated carbocycles. The van der Waals surface area contributed by atoms with Crippen LogP contribution in [-0.2, 0) is 9.59 Å². The number of aliphatic carboxylic acids is 1. The van der Waals surface area contributed by atoms with Crippen LogP contribution in [-0.4, -0.2) is 54.2 Å². The predicted molar refractivity (Wildman–Crippen MR) is 146 cm³/mol. The number of nitrogens with two attached hydrogens (primary N) is 1. The Labute approximate surface area is 226 Å². The van der Waals surface area contributed by atoms with Crippen LogP contribution in [0.4, 0.5) is 0 Å². The molecule has 9 nitrogen and oxygen atoms in total. The first-order valence-corrected chi connectivity index (χ1v) is 12.3. The van der Waals surface area contributed by atoms with Crippen molar-refractivity contribution in [2.24, 2.45) is 5.73 Å². The molecule has 0 fully saturated rings. The second-order valence-electron chi connectivity index (χ2n) is 8.68. The molecule has 0 aromatic heterocycles. The summed E-state index contributed by atoms with van der Waals surface area (Å²) in [6.45, 7) is 3.22. The Hall–Kier alpha value is -4.50. The summed E-state index contributed by atoms with van der Waals surface area (Å²) in [5, 5.41) is 11.2. The second-order valence-corrected chi connectivity index (χ2v) is 8.68. The van der Waals surface area contributed by atoms with Crippen molar-refractivity contribution in [2.45, 2.75) is 39.5 Å². The van der Waals surface area contributed by atoms with Crippen molar-refractivity contribution in [3.05, 3.63) is 93.1 Å². The molecule has 204 valence electrons. The molecule has 4 rings (SSSR count). The van der Waals surface area contributed by atoms with E-state index in [1.807, 2.05) is 0 Å². The summed E-state index contributed by atoms with van der Waals surface area (Å²) in [4.78, 5) is 70.6. The number of carboxylic acids is 1. The van der Waals surface area contributed by atoms with Crippen LogP contribution in [0.5, 0.6) is 0 Å². The first-order chi connectivity index (χ1) is 18.6. The lowest BCUT2D eigenvalue weighted by Crippen LogP contribution is -2.23. The molecule has 0 saturated heterocycles. The third kappa shape index (κ3) is 6.88. The highest BCUT2D eigenvalue weighted by Crippen LogP contribution is 2.29. The molecule has 0 atom stereocenters. The van der Waals surface area contributed by atoms with Crippen LogP contribution in [0.15, 0.2) is 70.8 Å². The fourth-order valence-corrected chi connectivity index (χ4v) is 4.30. The highest BCUT2D eigenvalue weighted by molar-refractivity contribution is 6.27. The van der Waals surface area contributed by atoms with Crippen molar-refractivity contribution in [1.29, 1.82) is 0 Å². The molecule has 1 amide bonds. The molecular weight excluding hydrogens is 500 g/mol. The van der Waals surface area contributed by atoms with Crippen LogP contribution >= 0.6 is 0 Å². The molecule has 2 aromatic carbocycles. The minimum Gasteiger partial charge on any atom is -0.481 e. The molecular formula is C30H32N2O7. The van der Waals surface area contributed by atoms with E-state index >= 15 is 0 Å². The number of carbonyl (C=O) groups excluding carboxylic acids is 5. The first kappa shape index (κ1) is 30.7. The number of hydrogen-bond donors (Lipinski definition) is 3. The molecule has 2 aromatic rings. The summed E-state index contributed by atoms with van der Waals surface area (Å²) >= 11 is 0. The van der Waals surface area contributed by atoms with Crippen molar-refractivity contribution >= 4 is 35.0 Å². The Balaban J connectivity index is 0.000000258. The van der Waals surface area contributed by atoms with Gasteiger partial charge in [0.05, 0.1) is 0 Å². The molecule has 9 heteroatoms. The highest BCUT2D eigenvalue weighted by Gasteiger charge is 2.30. The van der Waals surface area contributed by atoms with Crippen LogP contribution in [0.25, 0.3) is 0 Å². The Morgan fingerprint density at radius 1 is 0.667 bits per heavy atom. The van der Waals surface area contributed by atoms with Gasteiger partial charge < -0.3 is 16.2 Å².